The standard InChI is InChI=1S/C9H12NO3P/c1-13-8-4-2-7(3-5-8)6-9(10)14(11)12/h2-5,10-12H,6H2,1H3. The van der Waals surface area contributed by atoms with E-state index in [1.165, 1.54) is 0 Å². The Bertz CT molecular complexity index is 310. The number of ether oxygens (including phenoxy) is 1. The van der Waals surface area contributed by atoms with E-state index >= 15 is 0 Å². The third-order valence-electron chi connectivity index (χ3n) is 1.77. The first-order chi connectivity index (χ1) is 6.63. The van der Waals surface area contributed by atoms with Crippen molar-refractivity contribution < 1.29 is 14.5 Å². The Morgan fingerprint density at radius 3 is 2.36 bits per heavy atom. The van der Waals surface area contributed by atoms with Crippen LogP contribution in [-0.2, 0) is 6.42 Å². The number of methoxy groups -OCH3 is 1. The molecule has 0 unspecified atom stereocenters. The summed E-state index contributed by atoms with van der Waals surface area (Å²) in [5, 5.41) is 7.28. The van der Waals surface area contributed by atoms with Gasteiger partial charge in [-0.25, -0.2) is 0 Å². The number of hydrogen-bond acceptors (Lipinski definition) is 4. The Kier molecular flexibility index (Phi) is 4.01. The topological polar surface area (TPSA) is 73.5 Å². The van der Waals surface area contributed by atoms with Crippen LogP contribution in [0.5, 0.6) is 5.75 Å². The summed E-state index contributed by atoms with van der Waals surface area (Å²) in [5.41, 5.74) is 0.816. The van der Waals surface area contributed by atoms with Gasteiger partial charge in [0, 0.05) is 6.42 Å². The molecule has 0 heterocycles. The Hall–Kier alpha value is -0.960. The van der Waals surface area contributed by atoms with E-state index in [1.54, 1.807) is 31.4 Å². The maximum atomic E-state index is 8.75. The Morgan fingerprint density at radius 2 is 1.93 bits per heavy atom. The van der Waals surface area contributed by atoms with Gasteiger partial charge in [-0.05, 0) is 17.7 Å². The fourth-order valence-corrected chi connectivity index (χ4v) is 1.33. The summed E-state index contributed by atoms with van der Waals surface area (Å²) in [7, 11) is -0.663. The van der Waals surface area contributed by atoms with Crippen molar-refractivity contribution in [2.24, 2.45) is 0 Å². The summed E-state index contributed by atoms with van der Waals surface area (Å²) in [6.07, 6.45) is 0.267. The molecule has 1 aromatic rings. The van der Waals surface area contributed by atoms with Crippen LogP contribution in [0.3, 0.4) is 0 Å². The molecule has 0 bridgehead atoms. The van der Waals surface area contributed by atoms with Gasteiger partial charge in [0.15, 0.2) is 0 Å². The van der Waals surface area contributed by atoms with Crippen LogP contribution in [0, 0.1) is 5.41 Å². The lowest BCUT2D eigenvalue weighted by molar-refractivity contribution is 0.414. The number of hydrogen-bond donors (Lipinski definition) is 3. The lowest BCUT2D eigenvalue weighted by atomic mass is 10.1. The molecule has 14 heavy (non-hydrogen) atoms. The highest BCUT2D eigenvalue weighted by atomic mass is 31.2. The van der Waals surface area contributed by atoms with Gasteiger partial charge in [-0.3, -0.25) is 5.41 Å². The van der Waals surface area contributed by atoms with Crippen LogP contribution in [0.15, 0.2) is 24.3 Å². The fourth-order valence-electron chi connectivity index (χ4n) is 1.01. The van der Waals surface area contributed by atoms with Crippen molar-refractivity contribution in [3.8, 4) is 5.75 Å². The predicted molar refractivity (Wildman–Crippen MR) is 55.8 cm³/mol. The normalized spacial score (nSPS) is 10.3. The molecule has 5 heteroatoms. The summed E-state index contributed by atoms with van der Waals surface area (Å²) in [5.74, 6) is 0.746. The molecule has 1 aromatic carbocycles. The summed E-state index contributed by atoms with van der Waals surface area (Å²) < 4.78 is 4.97. The van der Waals surface area contributed by atoms with Crippen LogP contribution in [0.2, 0.25) is 0 Å². The van der Waals surface area contributed by atoms with Gasteiger partial charge in [-0.15, -0.1) is 0 Å². The average molecular weight is 213 g/mol. The van der Waals surface area contributed by atoms with Crippen LogP contribution < -0.4 is 4.74 Å². The van der Waals surface area contributed by atoms with Crippen LogP contribution in [0.1, 0.15) is 5.56 Å². The molecule has 0 amide bonds. The monoisotopic (exact) mass is 213 g/mol. The van der Waals surface area contributed by atoms with E-state index in [2.05, 4.69) is 0 Å². The van der Waals surface area contributed by atoms with Gasteiger partial charge in [-0.1, -0.05) is 12.1 Å². The molecule has 0 aromatic heterocycles. The number of rotatable bonds is 4. The molecule has 0 spiro atoms. The summed E-state index contributed by atoms with van der Waals surface area (Å²) >= 11 is 0. The second-order valence-corrected chi connectivity index (χ2v) is 3.88. The van der Waals surface area contributed by atoms with E-state index in [9.17, 15) is 0 Å². The van der Waals surface area contributed by atoms with Gasteiger partial charge in [0.05, 0.1) is 12.6 Å². The first kappa shape index (κ1) is 11.1. The fraction of sp³-hybridized carbons (Fsp3) is 0.222. The van der Waals surface area contributed by atoms with Gasteiger partial charge in [0.1, 0.15) is 5.75 Å². The van der Waals surface area contributed by atoms with Crippen LogP contribution in [-0.4, -0.2) is 22.3 Å². The molecule has 3 N–H and O–H groups in total. The van der Waals surface area contributed by atoms with E-state index in [1.807, 2.05) is 0 Å². The Morgan fingerprint density at radius 1 is 1.36 bits per heavy atom. The van der Waals surface area contributed by atoms with Crippen molar-refractivity contribution in [3.63, 3.8) is 0 Å². The van der Waals surface area contributed by atoms with Crippen molar-refractivity contribution in [1.29, 1.82) is 5.41 Å². The highest BCUT2D eigenvalue weighted by molar-refractivity contribution is 7.64. The molecular weight excluding hydrogens is 201 g/mol. The Labute approximate surface area is 83.6 Å². The van der Waals surface area contributed by atoms with Crippen LogP contribution in [0.25, 0.3) is 0 Å². The second-order valence-electron chi connectivity index (χ2n) is 2.76. The van der Waals surface area contributed by atoms with Crippen LogP contribution in [0.4, 0.5) is 0 Å². The van der Waals surface area contributed by atoms with Crippen molar-refractivity contribution in [1.82, 2.24) is 0 Å². The molecule has 1 rings (SSSR count). The smallest absolute Gasteiger partial charge is 0.214 e. The van der Waals surface area contributed by atoms with Crippen LogP contribution >= 0.6 is 8.38 Å². The third kappa shape index (κ3) is 3.07. The third-order valence-corrected chi connectivity index (χ3v) is 2.41. The zero-order valence-corrected chi connectivity index (χ0v) is 8.66. The van der Waals surface area contributed by atoms with E-state index in [0.717, 1.165) is 11.3 Å². The molecule has 4 nitrogen and oxygen atoms in total. The highest BCUT2D eigenvalue weighted by Gasteiger charge is 2.08. The molecule has 0 saturated carbocycles. The van der Waals surface area contributed by atoms with Gasteiger partial charge in [-0.2, -0.15) is 0 Å². The highest BCUT2D eigenvalue weighted by Crippen LogP contribution is 2.26. The lowest BCUT2D eigenvalue weighted by Crippen LogP contribution is -1.98. The predicted octanol–water partition coefficient (Wildman–Crippen LogP) is 1.51. The zero-order chi connectivity index (χ0) is 10.6. The minimum absolute atomic E-state index is 0.0508. The molecule has 0 aliphatic heterocycles. The van der Waals surface area contributed by atoms with Crippen molar-refractivity contribution in [3.05, 3.63) is 29.8 Å². The average Bonchev–Trinajstić information content (AvgIpc) is 2.19. The molecular formula is C9H12NO3P. The van der Waals surface area contributed by atoms with Crippen molar-refractivity contribution in [2.45, 2.75) is 6.42 Å². The quantitative estimate of drug-likeness (QED) is 0.524. The van der Waals surface area contributed by atoms with Gasteiger partial charge >= 0.3 is 0 Å². The maximum Gasteiger partial charge on any atom is 0.214 e. The molecule has 0 atom stereocenters. The summed E-state index contributed by atoms with van der Waals surface area (Å²) in [6, 6.07) is 7.15. The van der Waals surface area contributed by atoms with Crippen molar-refractivity contribution in [2.75, 3.05) is 7.11 Å². The maximum absolute atomic E-state index is 8.75. The number of benzene rings is 1. The van der Waals surface area contributed by atoms with E-state index < -0.39 is 8.38 Å². The molecule has 0 aliphatic rings. The van der Waals surface area contributed by atoms with Gasteiger partial charge in [0.25, 0.3) is 0 Å². The first-order valence-electron chi connectivity index (χ1n) is 4.01. The van der Waals surface area contributed by atoms with Crippen molar-refractivity contribution >= 4 is 13.8 Å². The molecule has 0 radical (unpaired) electrons. The minimum atomic E-state index is -2.24. The van der Waals surface area contributed by atoms with Gasteiger partial charge < -0.3 is 14.5 Å². The lowest BCUT2D eigenvalue weighted by Gasteiger charge is -2.05. The van der Waals surface area contributed by atoms with E-state index in [-0.39, 0.29) is 11.9 Å². The van der Waals surface area contributed by atoms with Gasteiger partial charge in [0.2, 0.25) is 8.38 Å². The van der Waals surface area contributed by atoms with E-state index in [4.69, 9.17) is 19.9 Å². The van der Waals surface area contributed by atoms with E-state index in [0.29, 0.717) is 0 Å². The Balaban J connectivity index is 2.64. The molecule has 0 saturated heterocycles. The molecule has 76 valence electrons. The first-order valence-corrected chi connectivity index (χ1v) is 5.26. The summed E-state index contributed by atoms with van der Waals surface area (Å²) in [4.78, 5) is 17.5. The molecule has 0 aliphatic carbocycles. The SMILES string of the molecule is COc1ccc(CC(=N)P(O)O)cc1. The minimum Gasteiger partial charge on any atom is -0.497 e. The summed E-state index contributed by atoms with van der Waals surface area (Å²) in [6.45, 7) is 0. The largest absolute Gasteiger partial charge is 0.497 e. The zero-order valence-electron chi connectivity index (χ0n) is 7.77. The molecule has 0 fully saturated rings. The number of nitrogens with one attached hydrogen (secondary N) is 1. The second kappa shape index (κ2) is 5.05.